The van der Waals surface area contributed by atoms with Crippen LogP contribution in [0.1, 0.15) is 0 Å². The van der Waals surface area contributed by atoms with Crippen molar-refractivity contribution in [2.24, 2.45) is 0 Å². The molecule has 0 spiro atoms. The Morgan fingerprint density at radius 2 is 1.04 bits per heavy atom. The van der Waals surface area contributed by atoms with Gasteiger partial charge < -0.3 is 0 Å². The molecule has 4 aromatic carbocycles. The molecule has 4 nitrogen and oxygen atoms in total. The summed E-state index contributed by atoms with van der Waals surface area (Å²) in [7, 11) is -1.86. The molecule has 0 aliphatic heterocycles. The maximum Gasteiger partial charge on any atom is 0.414 e. The van der Waals surface area contributed by atoms with Crippen molar-refractivity contribution in [3.05, 3.63) is 72.8 Å². The van der Waals surface area contributed by atoms with Gasteiger partial charge in [-0.25, -0.2) is 8.71 Å². The third kappa shape index (κ3) is 2.47. The van der Waals surface area contributed by atoms with Crippen molar-refractivity contribution in [1.29, 1.82) is 0 Å². The van der Waals surface area contributed by atoms with Crippen molar-refractivity contribution in [2.75, 3.05) is 0 Å². The third-order valence-corrected chi connectivity index (χ3v) is 5.12. The highest BCUT2D eigenvalue weighted by molar-refractivity contribution is 7.67. The van der Waals surface area contributed by atoms with Crippen molar-refractivity contribution < 1.29 is 17.9 Å². The summed E-state index contributed by atoms with van der Waals surface area (Å²) in [5, 5.41) is 5.97. The molecule has 128 valence electrons. The molecule has 6 heteroatoms. The van der Waals surface area contributed by atoms with Gasteiger partial charge in [0.25, 0.3) is 0 Å². The molecule has 0 amide bonds. The largest absolute Gasteiger partial charge is 0.414 e. The van der Waals surface area contributed by atoms with Crippen LogP contribution in [0.2, 0.25) is 0 Å². The Labute approximate surface area is 153 Å². The van der Waals surface area contributed by atoms with E-state index in [9.17, 15) is 0 Å². The van der Waals surface area contributed by atoms with Gasteiger partial charge in [-0.15, -0.1) is 0 Å². The normalized spacial score (nSPS) is 11.3. The number of hydrogen-bond acceptors (Lipinski definition) is 4. The standard InChI is InChI=1S/C20H12ClO4P/c21-26-24-22-17-11-9-13-5-1-3-7-15(13)19(17)20-16-8-4-2-6-14(16)10-12-18(20)23-25-26/h1-12H. The van der Waals surface area contributed by atoms with Crippen LogP contribution < -0.4 is 0 Å². The summed E-state index contributed by atoms with van der Waals surface area (Å²) in [5.74, 6) is 0. The second kappa shape index (κ2) is 6.17. The van der Waals surface area contributed by atoms with E-state index in [1.54, 1.807) is 0 Å². The average Bonchev–Trinajstić information content (AvgIpc) is 2.76. The van der Waals surface area contributed by atoms with Gasteiger partial charge in [-0.05, 0) is 33.7 Å². The number of benzene rings is 4. The molecule has 0 bridgehead atoms. The van der Waals surface area contributed by atoms with E-state index < -0.39 is 7.37 Å². The molecule has 1 aromatic heterocycles. The van der Waals surface area contributed by atoms with Gasteiger partial charge in [-0.3, -0.25) is 9.15 Å². The monoisotopic (exact) mass is 382 g/mol. The molecule has 0 saturated carbocycles. The summed E-state index contributed by atoms with van der Waals surface area (Å²) in [6.45, 7) is 0. The van der Waals surface area contributed by atoms with Crippen molar-refractivity contribution in [2.45, 2.75) is 0 Å². The minimum Gasteiger partial charge on any atom is -0.283 e. The molecular weight excluding hydrogens is 371 g/mol. The fraction of sp³-hybridized carbons (Fsp3) is 0. The number of halogens is 1. The van der Waals surface area contributed by atoms with Crippen LogP contribution >= 0.6 is 18.6 Å². The molecule has 0 N–H and O–H groups in total. The molecule has 5 aromatic rings. The molecule has 1 heterocycles. The van der Waals surface area contributed by atoms with E-state index in [4.69, 9.17) is 29.1 Å². The van der Waals surface area contributed by atoms with Gasteiger partial charge in [0.05, 0.1) is 0 Å². The first kappa shape index (κ1) is 15.4. The minimum atomic E-state index is -1.86. The molecule has 0 radical (unpaired) electrons. The highest BCUT2D eigenvalue weighted by Crippen LogP contribution is 2.37. The summed E-state index contributed by atoms with van der Waals surface area (Å²) in [6.07, 6.45) is 0. The van der Waals surface area contributed by atoms with Crippen molar-refractivity contribution >= 4 is 62.1 Å². The van der Waals surface area contributed by atoms with E-state index in [1.165, 1.54) is 0 Å². The molecular formula is C20H12ClO4P. The Hall–Kier alpha value is -2.81. The smallest absolute Gasteiger partial charge is 0.283 e. The molecule has 0 saturated heterocycles. The van der Waals surface area contributed by atoms with Gasteiger partial charge in [-0.2, -0.15) is 0 Å². The van der Waals surface area contributed by atoms with Crippen LogP contribution in [-0.4, -0.2) is 0 Å². The lowest BCUT2D eigenvalue weighted by Crippen LogP contribution is -1.80. The SMILES string of the molecule is Clp1ooc2ccc3ccccc3c2c2c(ccc3ccccc32)oo1. The van der Waals surface area contributed by atoms with Gasteiger partial charge in [-0.1, -0.05) is 60.7 Å². The van der Waals surface area contributed by atoms with Crippen LogP contribution in [0.25, 0.3) is 43.5 Å². The summed E-state index contributed by atoms with van der Waals surface area (Å²) < 4.78 is 21.4. The van der Waals surface area contributed by atoms with Crippen LogP contribution in [-0.2, 0) is 0 Å². The molecule has 0 unspecified atom stereocenters. The zero-order chi connectivity index (χ0) is 17.5. The van der Waals surface area contributed by atoms with Crippen molar-refractivity contribution in [3.8, 4) is 0 Å². The van der Waals surface area contributed by atoms with Gasteiger partial charge in [0, 0.05) is 22.0 Å². The highest BCUT2D eigenvalue weighted by atomic mass is 35.7. The van der Waals surface area contributed by atoms with Crippen LogP contribution in [0.4, 0.5) is 0 Å². The Morgan fingerprint density at radius 3 is 1.54 bits per heavy atom. The van der Waals surface area contributed by atoms with Gasteiger partial charge in [0.15, 0.2) is 11.2 Å². The van der Waals surface area contributed by atoms with Gasteiger partial charge in [0.2, 0.25) is 0 Å². The van der Waals surface area contributed by atoms with E-state index in [0.29, 0.717) is 11.2 Å². The Balaban J connectivity index is 2.23. The van der Waals surface area contributed by atoms with E-state index in [1.807, 2.05) is 60.7 Å². The summed E-state index contributed by atoms with van der Waals surface area (Å²) in [6, 6.07) is 23.9. The lowest BCUT2D eigenvalue weighted by molar-refractivity contribution is 0.0786. The second-order valence-corrected chi connectivity index (χ2v) is 7.40. The molecule has 0 atom stereocenters. The Morgan fingerprint density at radius 1 is 0.577 bits per heavy atom. The number of fused-ring (bicyclic) bond motifs is 7. The zero-order valence-electron chi connectivity index (χ0n) is 13.4. The van der Waals surface area contributed by atoms with E-state index >= 15 is 0 Å². The topological polar surface area (TPSA) is 52.6 Å². The van der Waals surface area contributed by atoms with E-state index in [-0.39, 0.29) is 0 Å². The first-order chi connectivity index (χ1) is 12.8. The molecule has 5 rings (SSSR count). The fourth-order valence-electron chi connectivity index (χ4n) is 3.31. The lowest BCUT2D eigenvalue weighted by atomic mass is 9.99. The van der Waals surface area contributed by atoms with Crippen molar-refractivity contribution in [1.82, 2.24) is 0 Å². The van der Waals surface area contributed by atoms with Crippen LogP contribution in [0, 0.1) is 0 Å². The van der Waals surface area contributed by atoms with E-state index in [2.05, 4.69) is 12.1 Å². The summed E-state index contributed by atoms with van der Waals surface area (Å²) >= 11 is 6.01. The molecule has 0 fully saturated rings. The number of hydrogen-bond donors (Lipinski definition) is 0. The first-order valence-electron chi connectivity index (χ1n) is 8.00. The summed E-state index contributed by atoms with van der Waals surface area (Å²) in [4.78, 5) is 0. The number of rotatable bonds is 0. The lowest BCUT2D eigenvalue weighted by Gasteiger charge is -2.05. The van der Waals surface area contributed by atoms with E-state index in [0.717, 1.165) is 32.3 Å². The molecule has 0 aliphatic rings. The third-order valence-electron chi connectivity index (χ3n) is 4.40. The predicted molar refractivity (Wildman–Crippen MR) is 105 cm³/mol. The van der Waals surface area contributed by atoms with Crippen LogP contribution in [0.5, 0.6) is 0 Å². The van der Waals surface area contributed by atoms with Crippen LogP contribution in [0.3, 0.4) is 0 Å². The Kier molecular flexibility index (Phi) is 3.66. The highest BCUT2D eigenvalue weighted by Gasteiger charge is 2.11. The molecule has 26 heavy (non-hydrogen) atoms. The zero-order valence-corrected chi connectivity index (χ0v) is 15.0. The quantitative estimate of drug-likeness (QED) is 0.255. The minimum absolute atomic E-state index is 0.559. The molecule has 0 aliphatic carbocycles. The maximum atomic E-state index is 6.01. The first-order valence-corrected chi connectivity index (χ1v) is 10.1. The van der Waals surface area contributed by atoms with Crippen LogP contribution in [0.15, 0.2) is 90.7 Å². The fourth-order valence-corrected chi connectivity index (χ4v) is 3.78. The van der Waals surface area contributed by atoms with Gasteiger partial charge >= 0.3 is 7.37 Å². The maximum absolute atomic E-state index is 6.01. The second-order valence-electron chi connectivity index (χ2n) is 5.85. The van der Waals surface area contributed by atoms with Gasteiger partial charge in [0.1, 0.15) is 0 Å². The summed E-state index contributed by atoms with van der Waals surface area (Å²) in [5.41, 5.74) is 1.12. The van der Waals surface area contributed by atoms with Crippen molar-refractivity contribution in [3.63, 3.8) is 0 Å². The predicted octanol–water partition coefficient (Wildman–Crippen LogP) is 7.91. The average molecular weight is 383 g/mol. The Bertz CT molecular complexity index is 1260.